The van der Waals surface area contributed by atoms with Crippen LogP contribution >= 0.6 is 0 Å². The zero-order chi connectivity index (χ0) is 13.9. The number of carbonyl (C=O) groups is 1. The molecule has 0 bridgehead atoms. The van der Waals surface area contributed by atoms with Gasteiger partial charge in [-0.2, -0.15) is 0 Å². The number of ether oxygens (including phenoxy) is 1. The SMILES string of the molecule is CCCNC(CN(C)C1CCOC1)(C(N)=O)C1CC1. The Morgan fingerprint density at radius 2 is 2.21 bits per heavy atom. The van der Waals surface area contributed by atoms with Gasteiger partial charge in [-0.3, -0.25) is 9.69 Å². The first kappa shape index (κ1) is 14.8. The highest BCUT2D eigenvalue weighted by Gasteiger charge is 2.50. The van der Waals surface area contributed by atoms with Crippen LogP contribution in [0.15, 0.2) is 0 Å². The van der Waals surface area contributed by atoms with Gasteiger partial charge < -0.3 is 15.8 Å². The summed E-state index contributed by atoms with van der Waals surface area (Å²) in [7, 11) is 2.08. The van der Waals surface area contributed by atoms with E-state index in [9.17, 15) is 4.79 Å². The van der Waals surface area contributed by atoms with Crippen LogP contribution in [-0.2, 0) is 9.53 Å². The maximum atomic E-state index is 12.1. The van der Waals surface area contributed by atoms with Gasteiger partial charge in [-0.15, -0.1) is 0 Å². The van der Waals surface area contributed by atoms with Gasteiger partial charge in [0.25, 0.3) is 0 Å². The van der Waals surface area contributed by atoms with Crippen molar-refractivity contribution in [3.05, 3.63) is 0 Å². The van der Waals surface area contributed by atoms with Crippen LogP contribution in [0.4, 0.5) is 0 Å². The molecule has 0 radical (unpaired) electrons. The van der Waals surface area contributed by atoms with Gasteiger partial charge in [0.2, 0.25) is 5.91 Å². The van der Waals surface area contributed by atoms with Crippen molar-refractivity contribution in [3.8, 4) is 0 Å². The maximum absolute atomic E-state index is 12.1. The predicted octanol–water partition coefficient (Wildman–Crippen LogP) is 0.341. The van der Waals surface area contributed by atoms with Crippen LogP contribution in [0.1, 0.15) is 32.6 Å². The quantitative estimate of drug-likeness (QED) is 0.667. The Hall–Kier alpha value is -0.650. The van der Waals surface area contributed by atoms with Gasteiger partial charge in [0.05, 0.1) is 6.61 Å². The van der Waals surface area contributed by atoms with Crippen molar-refractivity contribution in [3.63, 3.8) is 0 Å². The minimum absolute atomic E-state index is 0.200. The summed E-state index contributed by atoms with van der Waals surface area (Å²) >= 11 is 0. The lowest BCUT2D eigenvalue weighted by Gasteiger charge is -2.37. The molecule has 2 unspecified atom stereocenters. The van der Waals surface area contributed by atoms with Gasteiger partial charge in [0.15, 0.2) is 0 Å². The second kappa shape index (κ2) is 6.20. The van der Waals surface area contributed by atoms with Gasteiger partial charge in [-0.1, -0.05) is 6.92 Å². The van der Waals surface area contributed by atoms with Crippen molar-refractivity contribution in [2.24, 2.45) is 11.7 Å². The third kappa shape index (κ3) is 3.27. The summed E-state index contributed by atoms with van der Waals surface area (Å²) in [5.41, 5.74) is 5.19. The number of hydrogen-bond donors (Lipinski definition) is 2. The number of nitrogens with zero attached hydrogens (tertiary/aromatic N) is 1. The van der Waals surface area contributed by atoms with E-state index in [1.54, 1.807) is 0 Å². The zero-order valence-electron chi connectivity index (χ0n) is 12.2. The normalized spacial score (nSPS) is 26.6. The number of nitrogens with two attached hydrogens (primary N) is 1. The molecule has 0 aromatic carbocycles. The molecule has 110 valence electrons. The molecule has 0 aromatic rings. The Balaban J connectivity index is 2.04. The number of hydrogen-bond acceptors (Lipinski definition) is 4. The van der Waals surface area contributed by atoms with Crippen molar-refractivity contribution < 1.29 is 9.53 Å². The molecule has 2 aliphatic rings. The average Bonchev–Trinajstić information content (AvgIpc) is 3.08. The van der Waals surface area contributed by atoms with Gasteiger partial charge in [0, 0.05) is 19.2 Å². The molecule has 1 heterocycles. The lowest BCUT2D eigenvalue weighted by Crippen LogP contribution is -2.64. The molecule has 1 saturated heterocycles. The lowest BCUT2D eigenvalue weighted by atomic mass is 9.90. The molecule has 0 spiro atoms. The van der Waals surface area contributed by atoms with Crippen LogP contribution in [-0.4, -0.2) is 55.7 Å². The van der Waals surface area contributed by atoms with Crippen LogP contribution in [0.25, 0.3) is 0 Å². The Kier molecular flexibility index (Phi) is 4.81. The third-order valence-electron chi connectivity index (χ3n) is 4.43. The zero-order valence-corrected chi connectivity index (χ0v) is 12.2. The van der Waals surface area contributed by atoms with Gasteiger partial charge in [-0.25, -0.2) is 0 Å². The highest BCUT2D eigenvalue weighted by Crippen LogP contribution is 2.40. The summed E-state index contributed by atoms with van der Waals surface area (Å²) in [6.07, 6.45) is 4.27. The highest BCUT2D eigenvalue weighted by molar-refractivity contribution is 5.86. The maximum Gasteiger partial charge on any atom is 0.239 e. The van der Waals surface area contributed by atoms with E-state index in [4.69, 9.17) is 10.5 Å². The molecule has 1 aliphatic carbocycles. The summed E-state index contributed by atoms with van der Waals surface area (Å²) in [6, 6.07) is 0.418. The average molecular weight is 269 g/mol. The summed E-state index contributed by atoms with van der Waals surface area (Å²) in [4.78, 5) is 14.3. The number of likely N-dealkylation sites (N-methyl/N-ethyl adjacent to an activating group) is 1. The fraction of sp³-hybridized carbons (Fsp3) is 0.929. The summed E-state index contributed by atoms with van der Waals surface area (Å²) in [5.74, 6) is 0.204. The first-order chi connectivity index (χ1) is 9.10. The Labute approximate surface area is 115 Å². The van der Waals surface area contributed by atoms with Crippen molar-refractivity contribution in [2.45, 2.75) is 44.2 Å². The van der Waals surface area contributed by atoms with Crippen molar-refractivity contribution >= 4 is 5.91 Å². The topological polar surface area (TPSA) is 67.6 Å². The van der Waals surface area contributed by atoms with Crippen LogP contribution in [0.3, 0.4) is 0 Å². The predicted molar refractivity (Wildman–Crippen MR) is 74.8 cm³/mol. The smallest absolute Gasteiger partial charge is 0.239 e. The number of rotatable bonds is 8. The second-order valence-corrected chi connectivity index (χ2v) is 5.97. The largest absolute Gasteiger partial charge is 0.380 e. The first-order valence-corrected chi connectivity index (χ1v) is 7.43. The fourth-order valence-electron chi connectivity index (χ4n) is 3.01. The monoisotopic (exact) mass is 269 g/mol. The van der Waals surface area contributed by atoms with Crippen LogP contribution in [0.2, 0.25) is 0 Å². The van der Waals surface area contributed by atoms with Crippen molar-refractivity contribution in [2.75, 3.05) is 33.4 Å². The molecule has 3 N–H and O–H groups in total. The van der Waals surface area contributed by atoms with E-state index in [-0.39, 0.29) is 5.91 Å². The summed E-state index contributed by atoms with van der Waals surface area (Å²) < 4.78 is 5.43. The van der Waals surface area contributed by atoms with E-state index >= 15 is 0 Å². The Bertz CT molecular complexity index is 314. The minimum atomic E-state index is -0.548. The molecule has 1 amide bonds. The van der Waals surface area contributed by atoms with Gasteiger partial charge >= 0.3 is 0 Å². The Morgan fingerprint density at radius 3 is 2.68 bits per heavy atom. The number of primary amides is 1. The van der Waals surface area contributed by atoms with Gasteiger partial charge in [-0.05, 0) is 45.2 Å². The van der Waals surface area contributed by atoms with Crippen molar-refractivity contribution in [1.29, 1.82) is 0 Å². The van der Waals surface area contributed by atoms with Crippen LogP contribution in [0, 0.1) is 5.92 Å². The molecule has 2 rings (SSSR count). The molecule has 2 atom stereocenters. The summed E-state index contributed by atoms with van der Waals surface area (Å²) in [5, 5.41) is 3.44. The summed E-state index contributed by atoms with van der Waals surface area (Å²) in [6.45, 7) is 5.24. The van der Waals surface area contributed by atoms with Gasteiger partial charge in [0.1, 0.15) is 5.54 Å². The molecule has 5 heteroatoms. The van der Waals surface area contributed by atoms with E-state index in [0.29, 0.717) is 18.5 Å². The molecule has 2 fully saturated rings. The highest BCUT2D eigenvalue weighted by atomic mass is 16.5. The molecular weight excluding hydrogens is 242 g/mol. The molecule has 0 aromatic heterocycles. The molecule has 1 aliphatic heterocycles. The van der Waals surface area contributed by atoms with E-state index in [2.05, 4.69) is 24.2 Å². The van der Waals surface area contributed by atoms with E-state index in [0.717, 1.165) is 45.4 Å². The van der Waals surface area contributed by atoms with Crippen LogP contribution in [0.5, 0.6) is 0 Å². The number of nitrogens with one attached hydrogen (secondary N) is 1. The van der Waals surface area contributed by atoms with Crippen molar-refractivity contribution in [1.82, 2.24) is 10.2 Å². The number of amides is 1. The Morgan fingerprint density at radius 1 is 1.47 bits per heavy atom. The van der Waals surface area contributed by atoms with E-state index < -0.39 is 5.54 Å². The van der Waals surface area contributed by atoms with Crippen LogP contribution < -0.4 is 11.1 Å². The number of carbonyl (C=O) groups excluding carboxylic acids is 1. The third-order valence-corrected chi connectivity index (χ3v) is 4.43. The molecule has 1 saturated carbocycles. The first-order valence-electron chi connectivity index (χ1n) is 7.43. The lowest BCUT2D eigenvalue weighted by molar-refractivity contribution is -0.126. The minimum Gasteiger partial charge on any atom is -0.380 e. The molecular formula is C14H27N3O2. The second-order valence-electron chi connectivity index (χ2n) is 5.97. The van der Waals surface area contributed by atoms with E-state index in [1.807, 2.05) is 0 Å². The standard InChI is InChI=1S/C14H27N3O2/c1-3-7-16-14(13(15)18,11-4-5-11)10-17(2)12-6-8-19-9-12/h11-12,16H,3-10H2,1-2H3,(H2,15,18). The molecule has 5 nitrogen and oxygen atoms in total. The van der Waals surface area contributed by atoms with E-state index in [1.165, 1.54) is 0 Å². The fourth-order valence-corrected chi connectivity index (χ4v) is 3.01. The molecule has 19 heavy (non-hydrogen) atoms.